The van der Waals surface area contributed by atoms with Gasteiger partial charge in [0.15, 0.2) is 16.9 Å². The van der Waals surface area contributed by atoms with Gasteiger partial charge in [0.25, 0.3) is 5.91 Å². The number of ether oxygens (including phenoxy) is 3. The van der Waals surface area contributed by atoms with Gasteiger partial charge < -0.3 is 23.5 Å². The van der Waals surface area contributed by atoms with Crippen LogP contribution in [0.3, 0.4) is 0 Å². The van der Waals surface area contributed by atoms with Crippen LogP contribution in [0.4, 0.5) is 0 Å². The SMILES string of the molecule is COc1cc(C2c3c(oc4ccc(C)cc4c3=O)C(=O)N2CCCOC(C)C)ccc1OCC(C)C. The summed E-state index contributed by atoms with van der Waals surface area (Å²) in [5.41, 5.74) is 2.30. The van der Waals surface area contributed by atoms with Gasteiger partial charge in [0.05, 0.1) is 36.8 Å². The highest BCUT2D eigenvalue weighted by Crippen LogP contribution is 2.41. The molecule has 2 aromatic carbocycles. The average Bonchev–Trinajstić information content (AvgIpc) is 3.12. The van der Waals surface area contributed by atoms with E-state index in [1.807, 2.05) is 51.1 Å². The van der Waals surface area contributed by atoms with Crippen LogP contribution in [0.2, 0.25) is 0 Å². The first-order chi connectivity index (χ1) is 17.2. The molecule has 0 bridgehead atoms. The summed E-state index contributed by atoms with van der Waals surface area (Å²) in [7, 11) is 1.58. The third-order valence-corrected chi connectivity index (χ3v) is 6.19. The Balaban J connectivity index is 1.80. The van der Waals surface area contributed by atoms with Crippen molar-refractivity contribution in [1.29, 1.82) is 0 Å². The molecule has 192 valence electrons. The molecule has 1 atom stereocenters. The molecule has 7 heteroatoms. The molecular formula is C29H35NO6. The van der Waals surface area contributed by atoms with Crippen molar-refractivity contribution in [2.75, 3.05) is 26.9 Å². The van der Waals surface area contributed by atoms with Gasteiger partial charge in [0, 0.05) is 13.2 Å². The van der Waals surface area contributed by atoms with E-state index >= 15 is 0 Å². The van der Waals surface area contributed by atoms with E-state index < -0.39 is 6.04 Å². The number of fused-ring (bicyclic) bond motifs is 2. The van der Waals surface area contributed by atoms with Crippen LogP contribution in [-0.2, 0) is 4.74 Å². The second-order valence-corrected chi connectivity index (χ2v) is 9.96. The standard InChI is InChI=1S/C29H35NO6/c1-17(2)16-35-23-11-9-20(15-24(23)33-6)26-25-27(31)21-14-19(5)8-10-22(21)36-28(25)29(32)30(26)12-7-13-34-18(3)4/h8-11,14-15,17-18,26H,7,12-13,16H2,1-6H3. The number of aryl methyl sites for hydroxylation is 1. The maximum absolute atomic E-state index is 13.7. The molecule has 1 aliphatic heterocycles. The Morgan fingerprint density at radius 2 is 1.81 bits per heavy atom. The van der Waals surface area contributed by atoms with Gasteiger partial charge in [-0.2, -0.15) is 0 Å². The van der Waals surface area contributed by atoms with E-state index in [0.29, 0.717) is 60.1 Å². The number of amides is 1. The monoisotopic (exact) mass is 493 g/mol. The van der Waals surface area contributed by atoms with E-state index in [0.717, 1.165) is 11.1 Å². The summed E-state index contributed by atoms with van der Waals surface area (Å²) >= 11 is 0. The predicted molar refractivity (Wildman–Crippen MR) is 139 cm³/mol. The summed E-state index contributed by atoms with van der Waals surface area (Å²) < 4.78 is 23.3. The zero-order valence-corrected chi connectivity index (χ0v) is 21.9. The quantitative estimate of drug-likeness (QED) is 0.347. The van der Waals surface area contributed by atoms with Gasteiger partial charge in [-0.1, -0.05) is 31.5 Å². The zero-order chi connectivity index (χ0) is 26.0. The summed E-state index contributed by atoms with van der Waals surface area (Å²) in [4.78, 5) is 29.0. The van der Waals surface area contributed by atoms with Crippen molar-refractivity contribution in [1.82, 2.24) is 4.90 Å². The molecule has 2 heterocycles. The van der Waals surface area contributed by atoms with Gasteiger partial charge in [-0.3, -0.25) is 9.59 Å². The molecule has 7 nitrogen and oxygen atoms in total. The predicted octanol–water partition coefficient (Wildman–Crippen LogP) is 5.51. The second-order valence-electron chi connectivity index (χ2n) is 9.96. The smallest absolute Gasteiger partial charge is 0.290 e. The molecule has 1 aromatic heterocycles. The molecule has 36 heavy (non-hydrogen) atoms. The first-order valence-electron chi connectivity index (χ1n) is 12.5. The van der Waals surface area contributed by atoms with Gasteiger partial charge in [-0.05, 0) is 62.9 Å². The number of carbonyl (C=O) groups excluding carboxylic acids is 1. The van der Waals surface area contributed by atoms with E-state index in [1.165, 1.54) is 0 Å². The van der Waals surface area contributed by atoms with E-state index in [4.69, 9.17) is 18.6 Å². The van der Waals surface area contributed by atoms with Crippen LogP contribution in [0.15, 0.2) is 45.6 Å². The minimum atomic E-state index is -0.597. The van der Waals surface area contributed by atoms with Crippen LogP contribution in [0.1, 0.15) is 67.4 Å². The van der Waals surface area contributed by atoms with Crippen LogP contribution in [0.5, 0.6) is 11.5 Å². The first kappa shape index (κ1) is 25.8. The number of carbonyl (C=O) groups is 1. The molecule has 0 aliphatic carbocycles. The van der Waals surface area contributed by atoms with Crippen LogP contribution in [0, 0.1) is 12.8 Å². The summed E-state index contributed by atoms with van der Waals surface area (Å²) in [5.74, 6) is 1.35. The lowest BCUT2D eigenvalue weighted by Gasteiger charge is -2.26. The normalized spacial score (nSPS) is 15.3. The first-order valence-corrected chi connectivity index (χ1v) is 12.5. The third-order valence-electron chi connectivity index (χ3n) is 6.19. The Labute approximate surface area is 212 Å². The summed E-state index contributed by atoms with van der Waals surface area (Å²) in [5, 5.41) is 0.473. The zero-order valence-electron chi connectivity index (χ0n) is 21.9. The second kappa shape index (κ2) is 10.7. The molecule has 0 radical (unpaired) electrons. The Kier molecular flexibility index (Phi) is 7.69. The fourth-order valence-electron chi connectivity index (χ4n) is 4.50. The maximum Gasteiger partial charge on any atom is 0.290 e. The van der Waals surface area contributed by atoms with Gasteiger partial charge in [-0.15, -0.1) is 0 Å². The Bertz CT molecular complexity index is 1310. The number of rotatable bonds is 10. The summed E-state index contributed by atoms with van der Waals surface area (Å²) in [6.45, 7) is 11.5. The Hall–Kier alpha value is -3.32. The van der Waals surface area contributed by atoms with Gasteiger partial charge in [-0.25, -0.2) is 0 Å². The van der Waals surface area contributed by atoms with E-state index in [2.05, 4.69) is 13.8 Å². The lowest BCUT2D eigenvalue weighted by molar-refractivity contribution is 0.0593. The molecule has 0 spiro atoms. The van der Waals surface area contributed by atoms with Crippen molar-refractivity contribution in [3.8, 4) is 11.5 Å². The van der Waals surface area contributed by atoms with Crippen LogP contribution in [-0.4, -0.2) is 43.8 Å². The molecular weight excluding hydrogens is 458 g/mol. The molecule has 0 saturated carbocycles. The highest BCUT2D eigenvalue weighted by atomic mass is 16.5. The highest BCUT2D eigenvalue weighted by Gasteiger charge is 2.42. The molecule has 1 unspecified atom stereocenters. The number of hydrogen-bond acceptors (Lipinski definition) is 6. The molecule has 3 aromatic rings. The Morgan fingerprint density at radius 3 is 2.50 bits per heavy atom. The van der Waals surface area contributed by atoms with Crippen molar-refractivity contribution in [2.24, 2.45) is 5.92 Å². The topological polar surface area (TPSA) is 78.2 Å². The third kappa shape index (κ3) is 5.12. The summed E-state index contributed by atoms with van der Waals surface area (Å²) in [6, 6.07) is 10.4. The fraction of sp³-hybridized carbons (Fsp3) is 0.448. The van der Waals surface area contributed by atoms with Gasteiger partial charge in [0.1, 0.15) is 5.58 Å². The minimum absolute atomic E-state index is 0.102. The molecule has 0 fully saturated rings. The van der Waals surface area contributed by atoms with Crippen molar-refractivity contribution in [3.05, 3.63) is 69.1 Å². The minimum Gasteiger partial charge on any atom is -0.493 e. The number of benzene rings is 2. The van der Waals surface area contributed by atoms with Crippen molar-refractivity contribution < 1.29 is 23.4 Å². The maximum atomic E-state index is 13.7. The van der Waals surface area contributed by atoms with Crippen LogP contribution in [0.25, 0.3) is 11.0 Å². The number of methoxy groups -OCH3 is 1. The Morgan fingerprint density at radius 1 is 1.03 bits per heavy atom. The average molecular weight is 494 g/mol. The van der Waals surface area contributed by atoms with E-state index in [1.54, 1.807) is 18.1 Å². The van der Waals surface area contributed by atoms with Gasteiger partial charge >= 0.3 is 0 Å². The molecule has 4 rings (SSSR count). The molecule has 1 aliphatic rings. The largest absolute Gasteiger partial charge is 0.493 e. The van der Waals surface area contributed by atoms with Gasteiger partial charge in [0.2, 0.25) is 5.76 Å². The number of nitrogens with zero attached hydrogens (tertiary/aromatic N) is 1. The molecule has 1 amide bonds. The lowest BCUT2D eigenvalue weighted by atomic mass is 9.97. The van der Waals surface area contributed by atoms with Crippen LogP contribution < -0.4 is 14.9 Å². The van der Waals surface area contributed by atoms with Crippen molar-refractivity contribution in [2.45, 2.75) is 53.2 Å². The number of hydrogen-bond donors (Lipinski definition) is 0. The van der Waals surface area contributed by atoms with E-state index in [9.17, 15) is 9.59 Å². The highest BCUT2D eigenvalue weighted by molar-refractivity contribution is 5.99. The molecule has 0 saturated heterocycles. The summed E-state index contributed by atoms with van der Waals surface area (Å²) in [6.07, 6.45) is 0.736. The fourth-order valence-corrected chi connectivity index (χ4v) is 4.50. The van der Waals surface area contributed by atoms with Crippen LogP contribution >= 0.6 is 0 Å². The lowest BCUT2D eigenvalue weighted by Crippen LogP contribution is -2.31. The van der Waals surface area contributed by atoms with E-state index in [-0.39, 0.29) is 23.2 Å². The van der Waals surface area contributed by atoms with Crippen molar-refractivity contribution >= 4 is 16.9 Å². The molecule has 0 N–H and O–H groups in total. The van der Waals surface area contributed by atoms with Crippen molar-refractivity contribution in [3.63, 3.8) is 0 Å².